The fourth-order valence-electron chi connectivity index (χ4n) is 4.05. The molecule has 136 valence electrons. The molecule has 1 fully saturated rings. The lowest BCUT2D eigenvalue weighted by molar-refractivity contribution is 0.169. The van der Waals surface area contributed by atoms with Crippen LogP contribution < -0.4 is 5.73 Å². The lowest BCUT2D eigenvalue weighted by Gasteiger charge is -2.36. The summed E-state index contributed by atoms with van der Waals surface area (Å²) in [6.07, 6.45) is 6.32. The van der Waals surface area contributed by atoms with Gasteiger partial charge >= 0.3 is 0 Å². The number of nitrogens with zero attached hydrogens (tertiary/aromatic N) is 4. The Morgan fingerprint density at radius 2 is 2.08 bits per heavy atom. The average Bonchev–Trinajstić information content (AvgIpc) is 2.88. The summed E-state index contributed by atoms with van der Waals surface area (Å²) in [5.74, 6) is 0.409. The van der Waals surface area contributed by atoms with E-state index < -0.39 is 0 Å². The van der Waals surface area contributed by atoms with Crippen LogP contribution in [0, 0.1) is 25.6 Å². The van der Waals surface area contributed by atoms with Crippen molar-refractivity contribution in [2.45, 2.75) is 45.6 Å². The quantitative estimate of drug-likeness (QED) is 0.754. The van der Waals surface area contributed by atoms with E-state index in [0.717, 1.165) is 48.7 Å². The summed E-state index contributed by atoms with van der Waals surface area (Å²) in [5, 5.41) is 4.76. The maximum absolute atomic E-state index is 14.1. The highest BCUT2D eigenvalue weighted by atomic mass is 19.1. The van der Waals surface area contributed by atoms with E-state index in [2.05, 4.69) is 21.6 Å². The maximum atomic E-state index is 14.1. The number of rotatable bonds is 5. The first-order valence-corrected chi connectivity index (χ1v) is 9.26. The fraction of sp³-hybridized carbons (Fsp3) is 0.450. The lowest BCUT2D eigenvalue weighted by atomic mass is 9.77. The largest absolute Gasteiger partial charge is 0.330 e. The number of para-hydroxylation sites is 1. The van der Waals surface area contributed by atoms with Crippen LogP contribution in [-0.4, -0.2) is 26.3 Å². The zero-order valence-electron chi connectivity index (χ0n) is 15.2. The lowest BCUT2D eigenvalue weighted by Crippen LogP contribution is -2.28. The molecule has 1 aliphatic carbocycles. The molecule has 0 atom stereocenters. The third-order valence-electron chi connectivity index (χ3n) is 5.48. The second kappa shape index (κ2) is 6.76. The average molecular weight is 353 g/mol. The third-order valence-corrected chi connectivity index (χ3v) is 5.48. The van der Waals surface area contributed by atoms with E-state index in [9.17, 15) is 4.39 Å². The molecule has 0 bridgehead atoms. The first-order chi connectivity index (χ1) is 12.6. The Morgan fingerprint density at radius 1 is 1.27 bits per heavy atom. The third kappa shape index (κ3) is 2.88. The Kier molecular flexibility index (Phi) is 4.44. The fourth-order valence-corrected chi connectivity index (χ4v) is 4.05. The summed E-state index contributed by atoms with van der Waals surface area (Å²) in [4.78, 5) is 8.92. The van der Waals surface area contributed by atoms with Gasteiger partial charge in [0.1, 0.15) is 5.52 Å². The van der Waals surface area contributed by atoms with Crippen molar-refractivity contribution in [2.24, 2.45) is 11.7 Å². The normalized spacial score (nSPS) is 19.7. The van der Waals surface area contributed by atoms with Crippen LogP contribution in [0.25, 0.3) is 22.3 Å². The van der Waals surface area contributed by atoms with Crippen molar-refractivity contribution < 1.29 is 4.39 Å². The highest BCUT2D eigenvalue weighted by Gasteiger charge is 2.32. The molecule has 2 heterocycles. The van der Waals surface area contributed by atoms with Crippen LogP contribution in [0.3, 0.4) is 0 Å². The minimum Gasteiger partial charge on any atom is -0.330 e. The molecule has 0 spiro atoms. The first-order valence-electron chi connectivity index (χ1n) is 9.26. The smallest absolute Gasteiger partial charge is 0.151 e. The van der Waals surface area contributed by atoms with Crippen LogP contribution in [0.4, 0.5) is 4.39 Å². The van der Waals surface area contributed by atoms with Gasteiger partial charge in [0.05, 0.1) is 29.1 Å². The molecule has 0 unspecified atom stereocenters. The second-order valence-electron chi connectivity index (χ2n) is 7.28. The van der Waals surface area contributed by atoms with Gasteiger partial charge in [0, 0.05) is 11.3 Å². The topological polar surface area (TPSA) is 69.6 Å². The molecule has 0 amide bonds. The maximum Gasteiger partial charge on any atom is 0.151 e. The number of fused-ring (bicyclic) bond motifs is 1. The molecule has 0 saturated heterocycles. The molecular formula is C20H24FN5. The number of benzene rings is 1. The van der Waals surface area contributed by atoms with Crippen LogP contribution in [0.5, 0.6) is 0 Å². The summed E-state index contributed by atoms with van der Waals surface area (Å²) in [6, 6.07) is 5.28. The molecule has 1 saturated carbocycles. The number of aryl methyl sites for hydroxylation is 1. The monoisotopic (exact) mass is 353 g/mol. The van der Waals surface area contributed by atoms with Gasteiger partial charge in [0.15, 0.2) is 5.82 Å². The Hall–Kier alpha value is -2.34. The van der Waals surface area contributed by atoms with Crippen molar-refractivity contribution >= 4 is 11.0 Å². The van der Waals surface area contributed by atoms with Crippen molar-refractivity contribution in [3.05, 3.63) is 41.6 Å². The van der Waals surface area contributed by atoms with Gasteiger partial charge < -0.3 is 5.73 Å². The standard InChI is InChI=1S/C20H24FN5/c1-12-19(18-11-23-17-7-3-6-16(21)20(17)24-18)13(2)26(25-12)15-9-14(10-15)5-4-8-22/h3,6-7,11,14-15H,4-5,8-10,22H2,1-2H3. The number of hydrogen-bond donors (Lipinski definition) is 1. The van der Waals surface area contributed by atoms with Crippen molar-refractivity contribution in [2.75, 3.05) is 6.54 Å². The predicted molar refractivity (Wildman–Crippen MR) is 100 cm³/mol. The SMILES string of the molecule is Cc1nn(C2CC(CCCN)C2)c(C)c1-c1cnc2cccc(F)c2n1. The van der Waals surface area contributed by atoms with Crippen molar-refractivity contribution in [3.8, 4) is 11.3 Å². The Labute approximate surface area is 152 Å². The van der Waals surface area contributed by atoms with Gasteiger partial charge in [-0.15, -0.1) is 0 Å². The van der Waals surface area contributed by atoms with Gasteiger partial charge in [-0.1, -0.05) is 6.07 Å². The van der Waals surface area contributed by atoms with Crippen molar-refractivity contribution in [1.82, 2.24) is 19.7 Å². The molecule has 0 radical (unpaired) electrons. The second-order valence-corrected chi connectivity index (χ2v) is 7.28. The molecule has 3 aromatic rings. The minimum atomic E-state index is -0.346. The first kappa shape index (κ1) is 17.1. The number of hydrogen-bond acceptors (Lipinski definition) is 4. The molecule has 1 aliphatic rings. The predicted octanol–water partition coefficient (Wildman–Crippen LogP) is 3.94. The van der Waals surface area contributed by atoms with E-state index in [4.69, 9.17) is 10.8 Å². The number of nitrogens with two attached hydrogens (primary N) is 1. The van der Waals surface area contributed by atoms with Crippen LogP contribution in [0.1, 0.15) is 43.1 Å². The highest BCUT2D eigenvalue weighted by molar-refractivity contribution is 5.78. The van der Waals surface area contributed by atoms with Crippen LogP contribution in [-0.2, 0) is 0 Å². The van der Waals surface area contributed by atoms with E-state index >= 15 is 0 Å². The summed E-state index contributed by atoms with van der Waals surface area (Å²) in [6.45, 7) is 4.81. The summed E-state index contributed by atoms with van der Waals surface area (Å²) < 4.78 is 16.2. The van der Waals surface area contributed by atoms with Crippen LogP contribution >= 0.6 is 0 Å². The molecule has 4 rings (SSSR count). The number of aromatic nitrogens is 4. The molecule has 2 N–H and O–H groups in total. The van der Waals surface area contributed by atoms with Crippen molar-refractivity contribution in [1.29, 1.82) is 0 Å². The minimum absolute atomic E-state index is 0.307. The van der Waals surface area contributed by atoms with E-state index in [-0.39, 0.29) is 5.82 Å². The molecule has 6 heteroatoms. The Morgan fingerprint density at radius 3 is 2.85 bits per heavy atom. The molecule has 0 aliphatic heterocycles. The van der Waals surface area contributed by atoms with Gasteiger partial charge in [-0.2, -0.15) is 5.10 Å². The van der Waals surface area contributed by atoms with Crippen LogP contribution in [0.2, 0.25) is 0 Å². The zero-order valence-corrected chi connectivity index (χ0v) is 15.2. The summed E-state index contributed by atoms with van der Waals surface area (Å²) in [5.41, 5.74) is 10.1. The van der Waals surface area contributed by atoms with Gasteiger partial charge in [0.2, 0.25) is 0 Å². The molecular weight excluding hydrogens is 329 g/mol. The van der Waals surface area contributed by atoms with Gasteiger partial charge in [0.25, 0.3) is 0 Å². The van der Waals surface area contributed by atoms with Gasteiger partial charge in [-0.25, -0.2) is 9.37 Å². The van der Waals surface area contributed by atoms with Crippen molar-refractivity contribution in [3.63, 3.8) is 0 Å². The summed E-state index contributed by atoms with van der Waals surface area (Å²) >= 11 is 0. The van der Waals surface area contributed by atoms with Gasteiger partial charge in [-0.3, -0.25) is 9.67 Å². The summed E-state index contributed by atoms with van der Waals surface area (Å²) in [7, 11) is 0. The van der Waals surface area contributed by atoms with E-state index in [1.165, 1.54) is 12.5 Å². The van der Waals surface area contributed by atoms with Gasteiger partial charge in [-0.05, 0) is 64.1 Å². The Balaban J connectivity index is 1.64. The van der Waals surface area contributed by atoms with E-state index in [1.54, 1.807) is 18.3 Å². The molecule has 5 nitrogen and oxygen atoms in total. The molecule has 26 heavy (non-hydrogen) atoms. The Bertz CT molecular complexity index is 943. The number of halogens is 1. The molecule has 1 aromatic carbocycles. The zero-order chi connectivity index (χ0) is 18.3. The van der Waals surface area contributed by atoms with E-state index in [1.807, 2.05) is 6.92 Å². The highest BCUT2D eigenvalue weighted by Crippen LogP contribution is 2.42. The van der Waals surface area contributed by atoms with E-state index in [0.29, 0.717) is 22.8 Å². The van der Waals surface area contributed by atoms with Crippen LogP contribution in [0.15, 0.2) is 24.4 Å². The molecule has 2 aromatic heterocycles.